The van der Waals surface area contributed by atoms with E-state index < -0.39 is 10.0 Å². The van der Waals surface area contributed by atoms with Crippen LogP contribution >= 0.6 is 0 Å². The number of hydrogen-bond donors (Lipinski definition) is 0. The second-order valence-electron chi connectivity index (χ2n) is 5.85. The van der Waals surface area contributed by atoms with Crippen LogP contribution in [-0.4, -0.2) is 36.0 Å². The maximum atomic E-state index is 12.9. The van der Waals surface area contributed by atoms with E-state index in [2.05, 4.69) is 10.2 Å². The molecule has 0 unspecified atom stereocenters. The Kier molecular flexibility index (Phi) is 5.20. The molecule has 0 N–H and O–H groups in total. The van der Waals surface area contributed by atoms with Gasteiger partial charge in [0.25, 0.3) is 0 Å². The molecule has 1 heterocycles. The molecule has 7 heteroatoms. The van der Waals surface area contributed by atoms with Crippen molar-refractivity contribution in [3.63, 3.8) is 0 Å². The maximum absolute atomic E-state index is 12.9. The summed E-state index contributed by atoms with van der Waals surface area (Å²) in [4.78, 5) is 0.262. The monoisotopic (exact) mass is 371 g/mol. The Balaban J connectivity index is 2.02. The number of aromatic nitrogens is 2. The van der Waals surface area contributed by atoms with Crippen LogP contribution in [0.1, 0.15) is 19.4 Å². The van der Waals surface area contributed by atoms with Crippen LogP contribution in [0.4, 0.5) is 0 Å². The van der Waals surface area contributed by atoms with Crippen LogP contribution in [0.5, 0.6) is 0 Å². The van der Waals surface area contributed by atoms with E-state index in [0.717, 1.165) is 5.56 Å². The average molecular weight is 371 g/mol. The van der Waals surface area contributed by atoms with Crippen LogP contribution < -0.4 is 0 Å². The van der Waals surface area contributed by atoms with Gasteiger partial charge in [-0.25, -0.2) is 8.42 Å². The third-order valence-corrected chi connectivity index (χ3v) is 6.40. The maximum Gasteiger partial charge on any atom is 0.248 e. The van der Waals surface area contributed by atoms with Gasteiger partial charge in [-0.2, -0.15) is 4.31 Å². The van der Waals surface area contributed by atoms with Gasteiger partial charge in [0, 0.05) is 24.2 Å². The second-order valence-corrected chi connectivity index (χ2v) is 7.75. The molecule has 0 aliphatic carbocycles. The van der Waals surface area contributed by atoms with E-state index in [1.54, 1.807) is 25.1 Å². The van der Waals surface area contributed by atoms with Crippen molar-refractivity contribution in [2.24, 2.45) is 0 Å². The Morgan fingerprint density at radius 2 is 1.54 bits per heavy atom. The molecule has 2 aromatic carbocycles. The zero-order chi connectivity index (χ0) is 18.7. The van der Waals surface area contributed by atoms with E-state index in [1.165, 1.54) is 4.31 Å². The minimum atomic E-state index is -3.56. The summed E-state index contributed by atoms with van der Waals surface area (Å²) in [6, 6.07) is 14.6. The van der Waals surface area contributed by atoms with Crippen LogP contribution in [0.3, 0.4) is 0 Å². The summed E-state index contributed by atoms with van der Waals surface area (Å²) in [6.07, 6.45) is 0. The van der Waals surface area contributed by atoms with E-state index >= 15 is 0 Å². The molecular formula is C19H21N3O3S. The molecule has 136 valence electrons. The molecule has 0 atom stereocenters. The Morgan fingerprint density at radius 3 is 2.15 bits per heavy atom. The summed E-state index contributed by atoms with van der Waals surface area (Å²) >= 11 is 0. The van der Waals surface area contributed by atoms with Gasteiger partial charge in [0.05, 0.1) is 4.90 Å². The molecule has 0 aliphatic heterocycles. The molecule has 0 saturated heterocycles. The van der Waals surface area contributed by atoms with E-state index in [-0.39, 0.29) is 4.90 Å². The van der Waals surface area contributed by atoms with Crippen molar-refractivity contribution < 1.29 is 12.8 Å². The van der Waals surface area contributed by atoms with Gasteiger partial charge in [-0.15, -0.1) is 10.2 Å². The lowest BCUT2D eigenvalue weighted by atomic mass is 10.1. The number of hydrogen-bond acceptors (Lipinski definition) is 5. The van der Waals surface area contributed by atoms with Crippen LogP contribution in [0.25, 0.3) is 22.9 Å². The van der Waals surface area contributed by atoms with Gasteiger partial charge < -0.3 is 4.42 Å². The molecule has 0 radical (unpaired) electrons. The molecule has 3 aromatic rings. The largest absolute Gasteiger partial charge is 0.416 e. The van der Waals surface area contributed by atoms with E-state index in [4.69, 9.17) is 4.42 Å². The second kappa shape index (κ2) is 7.39. The summed E-state index contributed by atoms with van der Waals surface area (Å²) < 4.78 is 32.9. The molecule has 0 spiro atoms. The van der Waals surface area contributed by atoms with Gasteiger partial charge in [0.15, 0.2) is 0 Å². The van der Waals surface area contributed by atoms with Crippen molar-refractivity contribution in [3.8, 4) is 22.9 Å². The van der Waals surface area contributed by atoms with E-state index in [0.29, 0.717) is 36.0 Å². The molecule has 26 heavy (non-hydrogen) atoms. The van der Waals surface area contributed by atoms with Crippen LogP contribution in [0.2, 0.25) is 0 Å². The number of benzene rings is 2. The predicted molar refractivity (Wildman–Crippen MR) is 100 cm³/mol. The van der Waals surface area contributed by atoms with Gasteiger partial charge >= 0.3 is 0 Å². The molecule has 0 saturated carbocycles. The summed E-state index contributed by atoms with van der Waals surface area (Å²) in [7, 11) is -3.56. The lowest BCUT2D eigenvalue weighted by molar-refractivity contribution is 0.445. The van der Waals surface area contributed by atoms with Gasteiger partial charge in [0.2, 0.25) is 21.8 Å². The third kappa shape index (κ3) is 3.40. The molecule has 3 rings (SSSR count). The third-order valence-electron chi connectivity index (χ3n) is 4.20. The van der Waals surface area contributed by atoms with Gasteiger partial charge in [-0.1, -0.05) is 38.1 Å². The SMILES string of the molecule is CCN(CC)S(=O)(=O)c1cc(-c2nnc(-c3ccccc3)o2)ccc1C. The van der Waals surface area contributed by atoms with Crippen LogP contribution in [0.15, 0.2) is 57.8 Å². The first-order valence-corrected chi connectivity index (χ1v) is 9.91. The summed E-state index contributed by atoms with van der Waals surface area (Å²) in [6.45, 7) is 6.26. The van der Waals surface area contributed by atoms with Gasteiger partial charge in [-0.3, -0.25) is 0 Å². The van der Waals surface area contributed by atoms with E-state index in [1.807, 2.05) is 44.2 Å². The number of nitrogens with zero attached hydrogens (tertiary/aromatic N) is 3. The predicted octanol–water partition coefficient (Wildman–Crippen LogP) is 3.74. The van der Waals surface area contributed by atoms with Gasteiger partial charge in [-0.05, 0) is 36.8 Å². The van der Waals surface area contributed by atoms with Crippen molar-refractivity contribution >= 4 is 10.0 Å². The Morgan fingerprint density at radius 1 is 0.923 bits per heavy atom. The smallest absolute Gasteiger partial charge is 0.248 e. The molecule has 0 aliphatic rings. The minimum Gasteiger partial charge on any atom is -0.416 e. The Bertz CT molecular complexity index is 994. The normalized spacial score (nSPS) is 11.8. The highest BCUT2D eigenvalue weighted by atomic mass is 32.2. The summed E-state index contributed by atoms with van der Waals surface area (Å²) in [5, 5.41) is 8.14. The van der Waals surface area contributed by atoms with Crippen molar-refractivity contribution in [2.75, 3.05) is 13.1 Å². The summed E-state index contributed by atoms with van der Waals surface area (Å²) in [5.41, 5.74) is 2.08. The van der Waals surface area contributed by atoms with Crippen molar-refractivity contribution in [2.45, 2.75) is 25.7 Å². The molecular weight excluding hydrogens is 350 g/mol. The fraction of sp³-hybridized carbons (Fsp3) is 0.263. The summed E-state index contributed by atoms with van der Waals surface area (Å²) in [5.74, 6) is 0.689. The Labute approximate surface area is 153 Å². The van der Waals surface area contributed by atoms with Crippen LogP contribution in [-0.2, 0) is 10.0 Å². The minimum absolute atomic E-state index is 0.262. The molecule has 0 fully saturated rings. The topological polar surface area (TPSA) is 76.3 Å². The lowest BCUT2D eigenvalue weighted by Crippen LogP contribution is -2.31. The zero-order valence-electron chi connectivity index (χ0n) is 15.0. The average Bonchev–Trinajstić information content (AvgIpc) is 3.13. The first kappa shape index (κ1) is 18.3. The number of sulfonamides is 1. The van der Waals surface area contributed by atoms with Crippen LogP contribution in [0, 0.1) is 6.92 Å². The Hall–Kier alpha value is -2.51. The zero-order valence-corrected chi connectivity index (χ0v) is 15.8. The van der Waals surface area contributed by atoms with Gasteiger partial charge in [0.1, 0.15) is 0 Å². The molecule has 0 amide bonds. The fourth-order valence-corrected chi connectivity index (χ4v) is 4.46. The molecule has 6 nitrogen and oxygen atoms in total. The first-order chi connectivity index (χ1) is 12.5. The van der Waals surface area contributed by atoms with E-state index in [9.17, 15) is 8.42 Å². The quantitative estimate of drug-likeness (QED) is 0.660. The first-order valence-electron chi connectivity index (χ1n) is 8.47. The highest BCUT2D eigenvalue weighted by molar-refractivity contribution is 7.89. The van der Waals surface area contributed by atoms with Crippen molar-refractivity contribution in [1.82, 2.24) is 14.5 Å². The standard InChI is InChI=1S/C19H21N3O3S/c1-4-22(5-2)26(23,24)17-13-16(12-11-14(17)3)19-21-20-18(25-19)15-9-7-6-8-10-15/h6-13H,4-5H2,1-3H3. The highest BCUT2D eigenvalue weighted by Crippen LogP contribution is 2.28. The highest BCUT2D eigenvalue weighted by Gasteiger charge is 2.24. The lowest BCUT2D eigenvalue weighted by Gasteiger charge is -2.20. The molecule has 1 aromatic heterocycles. The number of rotatable bonds is 6. The fourth-order valence-electron chi connectivity index (χ4n) is 2.75. The number of aryl methyl sites for hydroxylation is 1. The van der Waals surface area contributed by atoms with Crippen molar-refractivity contribution in [1.29, 1.82) is 0 Å². The molecule has 0 bridgehead atoms. The van der Waals surface area contributed by atoms with Crippen molar-refractivity contribution in [3.05, 3.63) is 54.1 Å².